The fourth-order valence-electron chi connectivity index (χ4n) is 3.84. The molecular weight excluding hydrogens is 662 g/mol. The van der Waals surface area contributed by atoms with Gasteiger partial charge in [-0.2, -0.15) is 0 Å². The molecule has 252 valence electrons. The van der Waals surface area contributed by atoms with Gasteiger partial charge in [0, 0.05) is 11.8 Å². The van der Waals surface area contributed by atoms with Crippen LogP contribution in [0.1, 0.15) is 73.8 Å². The van der Waals surface area contributed by atoms with Gasteiger partial charge in [0.25, 0.3) is 0 Å². The third-order valence-electron chi connectivity index (χ3n) is 6.48. The van der Waals surface area contributed by atoms with E-state index in [4.69, 9.17) is 23.3 Å². The fraction of sp³-hybridized carbons (Fsp3) is 0.562. The largest absolute Gasteiger partial charge is 1.00 e. The predicted molar refractivity (Wildman–Crippen MR) is 168 cm³/mol. The number of para-hydroxylation sites is 1. The maximum atomic E-state index is 14.6. The molecule has 11 nitrogen and oxygen atoms in total. The van der Waals surface area contributed by atoms with Crippen LogP contribution in [0.3, 0.4) is 0 Å². The van der Waals surface area contributed by atoms with Gasteiger partial charge in [0.05, 0.1) is 11.8 Å². The molecule has 0 aromatic heterocycles. The first-order valence-electron chi connectivity index (χ1n) is 15.1. The molecule has 2 rings (SSSR count). The summed E-state index contributed by atoms with van der Waals surface area (Å²) in [7, 11) is -10.3. The van der Waals surface area contributed by atoms with E-state index in [9.17, 15) is 27.1 Å². The zero-order valence-corrected chi connectivity index (χ0v) is 33.0. The van der Waals surface area contributed by atoms with Crippen LogP contribution in [0.4, 0.5) is 0 Å². The minimum atomic E-state index is -5.33. The van der Waals surface area contributed by atoms with E-state index in [2.05, 4.69) is 0 Å². The van der Waals surface area contributed by atoms with E-state index in [1.165, 1.54) is 0 Å². The van der Waals surface area contributed by atoms with Crippen molar-refractivity contribution in [3.8, 4) is 11.5 Å². The topological polar surface area (TPSA) is 155 Å². The van der Waals surface area contributed by atoms with E-state index in [0.717, 1.165) is 5.56 Å². The minimum Gasteiger partial charge on any atom is -0.747 e. The Kier molecular flexibility index (Phi) is 18.4. The van der Waals surface area contributed by atoms with E-state index in [0.29, 0.717) is 17.9 Å². The van der Waals surface area contributed by atoms with Crippen molar-refractivity contribution < 1.29 is 102 Å². The van der Waals surface area contributed by atoms with Crippen LogP contribution in [0, 0.1) is 23.7 Å². The molecule has 0 saturated heterocycles. The van der Waals surface area contributed by atoms with Crippen molar-refractivity contribution in [2.75, 3.05) is 0 Å². The summed E-state index contributed by atoms with van der Waals surface area (Å²) >= 11 is 0. The second kappa shape index (κ2) is 19.8. The second-order valence-corrected chi connectivity index (χ2v) is 16.1. The summed E-state index contributed by atoms with van der Waals surface area (Å²) in [4.78, 5) is 22.7. The molecule has 0 aliphatic heterocycles. The fourth-order valence-corrected chi connectivity index (χ4v) is 7.83. The Bertz CT molecular complexity index is 1360. The summed E-state index contributed by atoms with van der Waals surface area (Å²) in [6.07, 6.45) is -3.07. The number of rotatable bonds is 18. The van der Waals surface area contributed by atoms with Gasteiger partial charge in [0.2, 0.25) is 12.6 Å². The summed E-state index contributed by atoms with van der Waals surface area (Å²) in [5, 5.41) is 0. The van der Waals surface area contributed by atoms with Crippen molar-refractivity contribution in [1.29, 1.82) is 0 Å². The normalized spacial score (nSPS) is 15.2. The number of benzene rings is 2. The van der Waals surface area contributed by atoms with E-state index >= 15 is 0 Å². The van der Waals surface area contributed by atoms with E-state index < -0.39 is 77.3 Å². The summed E-state index contributed by atoms with van der Waals surface area (Å²) in [5.41, 5.74) is 0.777. The average Bonchev–Trinajstić information content (AvgIpc) is 2.94. The van der Waals surface area contributed by atoms with Crippen LogP contribution in [0.2, 0.25) is 0 Å². The van der Waals surface area contributed by atoms with Crippen molar-refractivity contribution in [2.45, 2.75) is 92.2 Å². The maximum Gasteiger partial charge on any atom is 1.00 e. The van der Waals surface area contributed by atoms with Crippen LogP contribution in [0.5, 0.6) is 11.5 Å². The molecule has 0 aliphatic carbocycles. The molecule has 14 heteroatoms. The number of carbonyl (C=O) groups is 2. The molecule has 0 heterocycles. The van der Waals surface area contributed by atoms with Crippen molar-refractivity contribution in [1.82, 2.24) is 0 Å². The molecule has 2 aromatic carbocycles. The number of hydrogen-bond acceptors (Lipinski definition) is 11. The van der Waals surface area contributed by atoms with E-state index in [1.54, 1.807) is 85.7 Å². The second-order valence-electron chi connectivity index (χ2n) is 12.1. The molecule has 3 atom stereocenters. The van der Waals surface area contributed by atoms with Crippen LogP contribution in [0.25, 0.3) is 0 Å². The number of hydrogen-bond donors (Lipinski definition) is 0. The average molecular weight is 709 g/mol. The van der Waals surface area contributed by atoms with E-state index in [1.807, 2.05) is 24.3 Å². The van der Waals surface area contributed by atoms with Crippen molar-refractivity contribution >= 4 is 29.7 Å². The zero-order chi connectivity index (χ0) is 33.9. The Hall–Kier alpha value is -1.12. The van der Waals surface area contributed by atoms with Gasteiger partial charge in [0.15, 0.2) is 4.99 Å². The SMILES string of the molecule is CC(C)C(=O)OC(OP(=O)(OC(OC(=O)C(C)C)C(C)C)C(CCCc1cccc(Oc2ccccc2)c1)S(=O)(=O)[O-])C(C)C.[K+]. The Balaban J connectivity index is 0.0000106. The summed E-state index contributed by atoms with van der Waals surface area (Å²) in [6.45, 7) is 12.8. The quantitative estimate of drug-likeness (QED) is 0.0717. The Morgan fingerprint density at radius 3 is 1.67 bits per heavy atom. The van der Waals surface area contributed by atoms with Crippen molar-refractivity contribution in [3.63, 3.8) is 0 Å². The van der Waals surface area contributed by atoms with Gasteiger partial charge in [-0.15, -0.1) is 0 Å². The first-order valence-corrected chi connectivity index (χ1v) is 18.1. The first-order chi connectivity index (χ1) is 20.9. The Labute approximate surface area is 316 Å². The Morgan fingerprint density at radius 1 is 0.761 bits per heavy atom. The van der Waals surface area contributed by atoms with Gasteiger partial charge in [-0.05, 0) is 49.1 Å². The van der Waals surface area contributed by atoms with Crippen LogP contribution >= 0.6 is 7.60 Å². The molecule has 0 N–H and O–H groups in total. The van der Waals surface area contributed by atoms with Crippen molar-refractivity contribution in [3.05, 3.63) is 60.2 Å². The predicted octanol–water partition coefficient (Wildman–Crippen LogP) is 4.27. The van der Waals surface area contributed by atoms with E-state index in [-0.39, 0.29) is 57.8 Å². The Morgan fingerprint density at radius 2 is 1.24 bits per heavy atom. The first kappa shape index (κ1) is 42.9. The number of aryl methyl sites for hydroxylation is 1. The summed E-state index contributed by atoms with van der Waals surface area (Å²) in [5.74, 6) is -2.56. The van der Waals surface area contributed by atoms with Gasteiger partial charge < -0.3 is 18.8 Å². The molecule has 0 amide bonds. The maximum absolute atomic E-state index is 14.6. The molecule has 3 unspecified atom stereocenters. The third kappa shape index (κ3) is 14.2. The molecule has 2 aromatic rings. The monoisotopic (exact) mass is 708 g/mol. The smallest absolute Gasteiger partial charge is 0.747 e. The number of ether oxygens (including phenoxy) is 3. The standard InChI is InChI=1S/C32H47O11PS.K/c1-21(2)29(33)40-31(23(5)6)42-44(35,43-32(24(7)8)41-30(34)22(3)4)28(45(36,37)38)19-13-15-25-14-12-18-27(20-25)39-26-16-10-9-11-17-26;/h9-12,14,16-18,20-24,28,31-32H,13,15,19H2,1-8H3,(H,36,37,38);/q;+1/p-1. The molecule has 0 radical (unpaired) electrons. The van der Waals surface area contributed by atoms with Gasteiger partial charge in [-0.1, -0.05) is 85.7 Å². The van der Waals surface area contributed by atoms with Gasteiger partial charge >= 0.3 is 70.9 Å². The van der Waals surface area contributed by atoms with Gasteiger partial charge in [-0.25, -0.2) is 8.42 Å². The molecule has 46 heavy (non-hydrogen) atoms. The third-order valence-corrected chi connectivity index (χ3v) is 10.9. The molecule has 0 fully saturated rings. The summed E-state index contributed by atoms with van der Waals surface area (Å²) in [6, 6.07) is 16.3. The van der Waals surface area contributed by atoms with Gasteiger partial charge in [0.1, 0.15) is 21.6 Å². The van der Waals surface area contributed by atoms with Gasteiger partial charge in [-0.3, -0.25) is 23.2 Å². The van der Waals surface area contributed by atoms with Crippen LogP contribution in [-0.4, -0.2) is 42.5 Å². The minimum absolute atomic E-state index is 0. The molecule has 0 saturated carbocycles. The zero-order valence-electron chi connectivity index (χ0n) is 28.2. The van der Waals surface area contributed by atoms with Crippen LogP contribution in [-0.2, 0) is 49.2 Å². The number of carbonyl (C=O) groups excluding carboxylic acids is 2. The molecular formula is C32H46KO11PS. The molecule has 0 bridgehead atoms. The summed E-state index contributed by atoms with van der Waals surface area (Å²) < 4.78 is 80.8. The van der Waals surface area contributed by atoms with Crippen LogP contribution < -0.4 is 56.1 Å². The van der Waals surface area contributed by atoms with Crippen LogP contribution in [0.15, 0.2) is 54.6 Å². The molecule has 0 spiro atoms. The van der Waals surface area contributed by atoms with Crippen molar-refractivity contribution in [2.24, 2.45) is 23.7 Å². The molecule has 0 aliphatic rings. The number of esters is 2.